The summed E-state index contributed by atoms with van der Waals surface area (Å²) in [6, 6.07) is 12.4. The van der Waals surface area contributed by atoms with Crippen LogP contribution in [0.1, 0.15) is 51.5 Å². The Labute approximate surface area is 130 Å². The summed E-state index contributed by atoms with van der Waals surface area (Å²) in [6.45, 7) is 2.08. The molecule has 1 amide bonds. The van der Waals surface area contributed by atoms with Gasteiger partial charge in [-0.1, -0.05) is 30.3 Å². The summed E-state index contributed by atoms with van der Waals surface area (Å²) in [4.78, 5) is 16.9. The molecular weight excluding hydrogens is 278 g/mol. The average Bonchev–Trinajstić information content (AvgIpc) is 2.97. The number of fused-ring (bicyclic) bond motifs is 1. The van der Waals surface area contributed by atoms with Crippen LogP contribution in [-0.4, -0.2) is 17.9 Å². The Morgan fingerprint density at radius 3 is 2.62 bits per heavy atom. The van der Waals surface area contributed by atoms with E-state index in [0.29, 0.717) is 0 Å². The number of nitrogens with zero attached hydrogens (tertiary/aromatic N) is 1. The van der Waals surface area contributed by atoms with Crippen molar-refractivity contribution < 1.29 is 4.79 Å². The minimum Gasteiger partial charge on any atom is -0.334 e. The van der Waals surface area contributed by atoms with Gasteiger partial charge in [-0.25, -0.2) is 0 Å². The molecule has 3 heteroatoms. The first kappa shape index (κ1) is 14.3. The van der Waals surface area contributed by atoms with Gasteiger partial charge >= 0.3 is 0 Å². The monoisotopic (exact) mass is 299 g/mol. The van der Waals surface area contributed by atoms with E-state index < -0.39 is 0 Å². The highest BCUT2D eigenvalue weighted by Crippen LogP contribution is 2.31. The molecule has 1 aliphatic rings. The fraction of sp³-hybridized carbons (Fsp3) is 0.389. The Morgan fingerprint density at radius 2 is 1.90 bits per heavy atom. The molecule has 1 atom stereocenters. The van der Waals surface area contributed by atoms with Gasteiger partial charge in [0, 0.05) is 11.9 Å². The molecule has 3 rings (SSSR count). The molecule has 0 bridgehead atoms. The second kappa shape index (κ2) is 6.02. The zero-order chi connectivity index (χ0) is 14.8. The molecule has 0 radical (unpaired) electrons. The van der Waals surface area contributed by atoms with Gasteiger partial charge in [0.2, 0.25) is 0 Å². The normalized spacial score (nSPS) is 15.3. The largest absolute Gasteiger partial charge is 0.334 e. The molecule has 21 heavy (non-hydrogen) atoms. The van der Waals surface area contributed by atoms with Crippen LogP contribution >= 0.6 is 11.3 Å². The van der Waals surface area contributed by atoms with Crippen LogP contribution in [-0.2, 0) is 12.8 Å². The fourth-order valence-corrected chi connectivity index (χ4v) is 4.14. The summed E-state index contributed by atoms with van der Waals surface area (Å²) in [6.07, 6.45) is 4.80. The minimum absolute atomic E-state index is 0.0952. The Bertz CT molecular complexity index is 608. The lowest BCUT2D eigenvalue weighted by molar-refractivity contribution is 0.0747. The topological polar surface area (TPSA) is 20.3 Å². The van der Waals surface area contributed by atoms with E-state index in [0.717, 1.165) is 17.7 Å². The Balaban J connectivity index is 1.79. The van der Waals surface area contributed by atoms with Crippen LogP contribution in [0.4, 0.5) is 0 Å². The van der Waals surface area contributed by atoms with E-state index in [1.165, 1.54) is 28.8 Å². The van der Waals surface area contributed by atoms with E-state index in [1.54, 1.807) is 11.3 Å². The molecule has 1 aromatic heterocycles. The number of amides is 1. The number of rotatable bonds is 3. The molecule has 1 heterocycles. The van der Waals surface area contributed by atoms with Gasteiger partial charge in [0.25, 0.3) is 5.91 Å². The smallest absolute Gasteiger partial charge is 0.264 e. The van der Waals surface area contributed by atoms with Crippen LogP contribution in [0.5, 0.6) is 0 Å². The lowest BCUT2D eigenvalue weighted by Crippen LogP contribution is -2.29. The highest BCUT2D eigenvalue weighted by molar-refractivity contribution is 7.14. The quantitative estimate of drug-likeness (QED) is 0.819. The zero-order valence-electron chi connectivity index (χ0n) is 12.6. The fourth-order valence-electron chi connectivity index (χ4n) is 2.90. The van der Waals surface area contributed by atoms with Crippen LogP contribution in [0.15, 0.2) is 36.4 Å². The number of carbonyl (C=O) groups excluding carboxylic acids is 1. The molecule has 110 valence electrons. The molecule has 0 saturated carbocycles. The van der Waals surface area contributed by atoms with E-state index >= 15 is 0 Å². The third kappa shape index (κ3) is 2.88. The highest BCUT2D eigenvalue weighted by atomic mass is 32.1. The number of carbonyl (C=O) groups is 1. The predicted molar refractivity (Wildman–Crippen MR) is 87.9 cm³/mol. The van der Waals surface area contributed by atoms with E-state index in [1.807, 2.05) is 30.1 Å². The van der Waals surface area contributed by atoms with Crippen molar-refractivity contribution in [2.75, 3.05) is 7.05 Å². The lowest BCUT2D eigenvalue weighted by atomic mass is 9.99. The Morgan fingerprint density at radius 1 is 1.19 bits per heavy atom. The van der Waals surface area contributed by atoms with E-state index in [2.05, 4.69) is 25.1 Å². The van der Waals surface area contributed by atoms with Crippen molar-refractivity contribution in [3.8, 4) is 0 Å². The molecule has 2 aromatic rings. The second-order valence-corrected chi connectivity index (χ2v) is 6.91. The first-order chi connectivity index (χ1) is 10.2. The Hall–Kier alpha value is -1.61. The van der Waals surface area contributed by atoms with Crippen molar-refractivity contribution in [2.45, 2.75) is 38.6 Å². The molecule has 0 fully saturated rings. The SMILES string of the molecule is CC(c1ccccc1)N(C)C(=O)c1cc2c(s1)CCCC2. The van der Waals surface area contributed by atoms with Crippen LogP contribution < -0.4 is 0 Å². The van der Waals surface area contributed by atoms with E-state index in [-0.39, 0.29) is 11.9 Å². The van der Waals surface area contributed by atoms with Crippen molar-refractivity contribution in [1.82, 2.24) is 4.90 Å². The van der Waals surface area contributed by atoms with Crippen molar-refractivity contribution in [3.63, 3.8) is 0 Å². The predicted octanol–water partition coefficient (Wildman–Crippen LogP) is 4.46. The van der Waals surface area contributed by atoms with Crippen molar-refractivity contribution >= 4 is 17.2 Å². The summed E-state index contributed by atoms with van der Waals surface area (Å²) >= 11 is 1.69. The first-order valence-corrected chi connectivity index (χ1v) is 8.42. The maximum atomic E-state index is 12.7. The number of hydrogen-bond acceptors (Lipinski definition) is 2. The van der Waals surface area contributed by atoms with Crippen LogP contribution in [0.25, 0.3) is 0 Å². The summed E-state index contributed by atoms with van der Waals surface area (Å²) < 4.78 is 0. The van der Waals surface area contributed by atoms with Crippen LogP contribution in [0.2, 0.25) is 0 Å². The molecule has 0 saturated heterocycles. The van der Waals surface area contributed by atoms with Crippen molar-refractivity contribution in [2.24, 2.45) is 0 Å². The molecule has 0 N–H and O–H groups in total. The summed E-state index contributed by atoms with van der Waals surface area (Å²) in [5, 5.41) is 0. The lowest BCUT2D eigenvalue weighted by Gasteiger charge is -2.24. The summed E-state index contributed by atoms with van der Waals surface area (Å²) in [5.74, 6) is 0.144. The number of thiophene rings is 1. The average molecular weight is 299 g/mol. The molecular formula is C18H21NOS. The third-order valence-electron chi connectivity index (χ3n) is 4.39. The standard InChI is InChI=1S/C18H21NOS/c1-13(14-8-4-3-5-9-14)19(2)18(20)17-12-15-10-6-7-11-16(15)21-17/h3-5,8-9,12-13H,6-7,10-11H2,1-2H3. The summed E-state index contributed by atoms with van der Waals surface area (Å²) in [7, 11) is 1.90. The molecule has 1 aliphatic carbocycles. The second-order valence-electron chi connectivity index (χ2n) is 5.77. The van der Waals surface area contributed by atoms with Gasteiger partial charge < -0.3 is 4.90 Å². The van der Waals surface area contributed by atoms with Gasteiger partial charge in [-0.15, -0.1) is 11.3 Å². The molecule has 1 aromatic carbocycles. The first-order valence-electron chi connectivity index (χ1n) is 7.60. The van der Waals surface area contributed by atoms with Gasteiger partial charge in [-0.2, -0.15) is 0 Å². The highest BCUT2D eigenvalue weighted by Gasteiger charge is 2.23. The van der Waals surface area contributed by atoms with Crippen LogP contribution in [0, 0.1) is 0 Å². The van der Waals surface area contributed by atoms with E-state index in [4.69, 9.17) is 0 Å². The third-order valence-corrected chi connectivity index (χ3v) is 5.62. The van der Waals surface area contributed by atoms with Crippen LogP contribution in [0.3, 0.4) is 0 Å². The number of aryl methyl sites for hydroxylation is 2. The molecule has 0 spiro atoms. The zero-order valence-corrected chi connectivity index (χ0v) is 13.5. The Kier molecular flexibility index (Phi) is 4.11. The van der Waals surface area contributed by atoms with Gasteiger partial charge in [0.15, 0.2) is 0 Å². The van der Waals surface area contributed by atoms with Gasteiger partial charge in [-0.05, 0) is 49.8 Å². The van der Waals surface area contributed by atoms with E-state index in [9.17, 15) is 4.79 Å². The summed E-state index contributed by atoms with van der Waals surface area (Å²) in [5.41, 5.74) is 2.57. The minimum atomic E-state index is 0.0952. The maximum Gasteiger partial charge on any atom is 0.264 e. The number of hydrogen-bond donors (Lipinski definition) is 0. The molecule has 1 unspecified atom stereocenters. The molecule has 0 aliphatic heterocycles. The van der Waals surface area contributed by atoms with Gasteiger partial charge in [0.05, 0.1) is 10.9 Å². The van der Waals surface area contributed by atoms with Gasteiger partial charge in [-0.3, -0.25) is 4.79 Å². The van der Waals surface area contributed by atoms with Crippen molar-refractivity contribution in [1.29, 1.82) is 0 Å². The van der Waals surface area contributed by atoms with Crippen molar-refractivity contribution in [3.05, 3.63) is 57.3 Å². The van der Waals surface area contributed by atoms with Gasteiger partial charge in [0.1, 0.15) is 0 Å². The number of benzene rings is 1. The maximum absolute atomic E-state index is 12.7. The molecule has 2 nitrogen and oxygen atoms in total.